The van der Waals surface area contributed by atoms with E-state index in [0.717, 1.165) is 27.8 Å². The summed E-state index contributed by atoms with van der Waals surface area (Å²) < 4.78 is 2.25. The van der Waals surface area contributed by atoms with Gasteiger partial charge >= 0.3 is 0 Å². The first-order valence-corrected chi connectivity index (χ1v) is 8.80. The van der Waals surface area contributed by atoms with Crippen molar-refractivity contribution in [2.75, 3.05) is 5.75 Å². The van der Waals surface area contributed by atoms with Gasteiger partial charge in [-0.1, -0.05) is 30.0 Å². The minimum atomic E-state index is 0.0147. The smallest absolute Gasteiger partial charge is 0.191 e. The first-order chi connectivity index (χ1) is 11.3. The number of rotatable bonds is 5. The second-order valence-electron chi connectivity index (χ2n) is 6.00. The minimum absolute atomic E-state index is 0.0147. The number of nitriles is 1. The number of para-hydroxylation sites is 1. The summed E-state index contributed by atoms with van der Waals surface area (Å²) in [4.78, 5) is 3.31. The molecule has 0 aliphatic heterocycles. The summed E-state index contributed by atoms with van der Waals surface area (Å²) in [5.74, 6) is 1.69. The Bertz CT molecular complexity index is 884. The molecular formula is C17H17N5S. The number of nitrogens with zero attached hydrogens (tertiary/aromatic N) is 4. The maximum absolute atomic E-state index is 8.97. The van der Waals surface area contributed by atoms with Gasteiger partial charge in [0.15, 0.2) is 11.0 Å². The van der Waals surface area contributed by atoms with Gasteiger partial charge in [-0.3, -0.25) is 4.57 Å². The zero-order valence-corrected chi connectivity index (χ0v) is 13.7. The number of aromatic amines is 1. The van der Waals surface area contributed by atoms with Gasteiger partial charge in [0.25, 0.3) is 0 Å². The van der Waals surface area contributed by atoms with E-state index in [4.69, 9.17) is 5.26 Å². The van der Waals surface area contributed by atoms with E-state index in [1.165, 1.54) is 18.2 Å². The number of nitrogens with one attached hydrogen (secondary N) is 1. The minimum Gasteiger partial charge on any atom is -0.360 e. The largest absolute Gasteiger partial charge is 0.360 e. The molecule has 0 saturated heterocycles. The molecule has 0 unspecified atom stereocenters. The Labute approximate surface area is 138 Å². The van der Waals surface area contributed by atoms with Gasteiger partial charge in [-0.25, -0.2) is 0 Å². The second kappa shape index (κ2) is 5.74. The van der Waals surface area contributed by atoms with Crippen LogP contribution in [0.5, 0.6) is 0 Å². The van der Waals surface area contributed by atoms with Crippen LogP contribution in [0.25, 0.3) is 22.3 Å². The molecule has 23 heavy (non-hydrogen) atoms. The molecule has 0 amide bonds. The van der Waals surface area contributed by atoms with Crippen molar-refractivity contribution in [3.8, 4) is 17.5 Å². The lowest BCUT2D eigenvalue weighted by molar-refractivity contribution is 0.668. The van der Waals surface area contributed by atoms with Crippen molar-refractivity contribution in [2.45, 2.75) is 31.0 Å². The normalized spacial score (nSPS) is 15.7. The maximum atomic E-state index is 8.97. The van der Waals surface area contributed by atoms with Crippen LogP contribution in [0.4, 0.5) is 0 Å². The first-order valence-electron chi connectivity index (χ1n) is 7.81. The summed E-state index contributed by atoms with van der Waals surface area (Å²) in [7, 11) is 0. The maximum Gasteiger partial charge on any atom is 0.191 e. The summed E-state index contributed by atoms with van der Waals surface area (Å²) in [6.07, 6.45) is 4.36. The summed E-state index contributed by atoms with van der Waals surface area (Å²) in [6.45, 7) is 1.94. The van der Waals surface area contributed by atoms with E-state index in [9.17, 15) is 0 Å². The molecule has 1 aromatic carbocycles. The molecule has 3 aromatic rings. The molecule has 0 bridgehead atoms. The lowest BCUT2D eigenvalue weighted by Crippen LogP contribution is -2.01. The van der Waals surface area contributed by atoms with Crippen LogP contribution >= 0.6 is 11.8 Å². The molecule has 116 valence electrons. The standard InChI is InChI=1S/C17H17N5S/c1-11(8-18)10-23-17-21-20-16(22(17)12-6-7-12)14-9-19-15-5-3-2-4-13(14)15/h2-5,9,11-12,19H,6-7,10H2,1H3/t11-/m0/s1. The molecule has 2 heterocycles. The van der Waals surface area contributed by atoms with E-state index in [-0.39, 0.29) is 5.92 Å². The topological polar surface area (TPSA) is 70.3 Å². The van der Waals surface area contributed by atoms with Crippen LogP contribution in [0.1, 0.15) is 25.8 Å². The highest BCUT2D eigenvalue weighted by molar-refractivity contribution is 7.99. The Kier molecular flexibility index (Phi) is 3.58. The van der Waals surface area contributed by atoms with E-state index < -0.39 is 0 Å². The van der Waals surface area contributed by atoms with Crippen LogP contribution in [0.3, 0.4) is 0 Å². The fraction of sp³-hybridized carbons (Fsp3) is 0.353. The molecule has 1 aliphatic rings. The lowest BCUT2D eigenvalue weighted by Gasteiger charge is -2.08. The lowest BCUT2D eigenvalue weighted by atomic mass is 10.1. The van der Waals surface area contributed by atoms with Gasteiger partial charge in [-0.15, -0.1) is 10.2 Å². The summed E-state index contributed by atoms with van der Waals surface area (Å²) in [5.41, 5.74) is 2.21. The van der Waals surface area contributed by atoms with Crippen LogP contribution in [0.2, 0.25) is 0 Å². The molecule has 5 nitrogen and oxygen atoms in total. The SMILES string of the molecule is C[C@@H](C#N)CSc1nnc(-c2c[nH]c3ccccc23)n1C1CC1. The molecule has 4 rings (SSSR count). The van der Waals surface area contributed by atoms with Gasteiger partial charge in [0.05, 0.1) is 12.0 Å². The van der Waals surface area contributed by atoms with Gasteiger partial charge in [0, 0.05) is 34.5 Å². The average molecular weight is 323 g/mol. The van der Waals surface area contributed by atoms with Gasteiger partial charge in [-0.2, -0.15) is 5.26 Å². The number of aromatic nitrogens is 4. The highest BCUT2D eigenvalue weighted by Crippen LogP contribution is 2.42. The number of H-pyrrole nitrogens is 1. The van der Waals surface area contributed by atoms with Crippen molar-refractivity contribution < 1.29 is 0 Å². The Balaban J connectivity index is 1.74. The van der Waals surface area contributed by atoms with E-state index in [2.05, 4.69) is 38.0 Å². The third-order valence-electron chi connectivity index (χ3n) is 4.09. The van der Waals surface area contributed by atoms with Crippen molar-refractivity contribution in [3.63, 3.8) is 0 Å². The zero-order valence-electron chi connectivity index (χ0n) is 12.9. The van der Waals surface area contributed by atoms with Crippen molar-refractivity contribution in [2.24, 2.45) is 5.92 Å². The van der Waals surface area contributed by atoms with Crippen molar-refractivity contribution >= 4 is 22.7 Å². The molecular weight excluding hydrogens is 306 g/mol. The Morgan fingerprint density at radius 3 is 3.00 bits per heavy atom. The summed E-state index contributed by atoms with van der Waals surface area (Å²) >= 11 is 1.63. The fourth-order valence-electron chi connectivity index (χ4n) is 2.71. The summed E-state index contributed by atoms with van der Waals surface area (Å²) in [5, 5.41) is 19.9. The Morgan fingerprint density at radius 1 is 1.39 bits per heavy atom. The Hall–Kier alpha value is -2.26. The molecule has 1 saturated carbocycles. The fourth-order valence-corrected chi connectivity index (χ4v) is 3.66. The van der Waals surface area contributed by atoms with Crippen LogP contribution in [-0.2, 0) is 0 Å². The third kappa shape index (κ3) is 2.62. The van der Waals surface area contributed by atoms with E-state index >= 15 is 0 Å². The second-order valence-corrected chi connectivity index (χ2v) is 6.98. The molecule has 1 atom stereocenters. The molecule has 0 spiro atoms. The van der Waals surface area contributed by atoms with Crippen molar-refractivity contribution in [3.05, 3.63) is 30.5 Å². The third-order valence-corrected chi connectivity index (χ3v) is 5.29. The van der Waals surface area contributed by atoms with Gasteiger partial charge in [0.2, 0.25) is 0 Å². The van der Waals surface area contributed by atoms with E-state index in [1.807, 2.05) is 25.3 Å². The van der Waals surface area contributed by atoms with Crippen molar-refractivity contribution in [1.82, 2.24) is 19.7 Å². The highest BCUT2D eigenvalue weighted by Gasteiger charge is 2.31. The highest BCUT2D eigenvalue weighted by atomic mass is 32.2. The van der Waals surface area contributed by atoms with Crippen molar-refractivity contribution in [1.29, 1.82) is 5.26 Å². The molecule has 2 aromatic heterocycles. The number of benzene rings is 1. The Morgan fingerprint density at radius 2 is 2.22 bits per heavy atom. The predicted molar refractivity (Wildman–Crippen MR) is 91.1 cm³/mol. The zero-order chi connectivity index (χ0) is 15.8. The molecule has 1 N–H and O–H groups in total. The average Bonchev–Trinajstić information content (AvgIpc) is 3.19. The number of fused-ring (bicyclic) bond motifs is 1. The molecule has 6 heteroatoms. The van der Waals surface area contributed by atoms with Crippen LogP contribution in [0, 0.1) is 17.2 Å². The number of thioether (sulfide) groups is 1. The van der Waals surface area contributed by atoms with E-state index in [1.54, 1.807) is 11.8 Å². The molecule has 0 radical (unpaired) electrons. The number of hydrogen-bond donors (Lipinski definition) is 1. The van der Waals surface area contributed by atoms with E-state index in [0.29, 0.717) is 6.04 Å². The molecule has 1 fully saturated rings. The molecule has 1 aliphatic carbocycles. The summed E-state index contributed by atoms with van der Waals surface area (Å²) in [6, 6.07) is 11.0. The van der Waals surface area contributed by atoms with Crippen LogP contribution < -0.4 is 0 Å². The monoisotopic (exact) mass is 323 g/mol. The first kappa shape index (κ1) is 14.3. The van der Waals surface area contributed by atoms with Gasteiger partial charge < -0.3 is 4.98 Å². The van der Waals surface area contributed by atoms with Crippen LogP contribution in [0.15, 0.2) is 35.6 Å². The predicted octanol–water partition coefficient (Wildman–Crippen LogP) is 4.01. The van der Waals surface area contributed by atoms with Crippen LogP contribution in [-0.4, -0.2) is 25.5 Å². The number of hydrogen-bond acceptors (Lipinski definition) is 4. The van der Waals surface area contributed by atoms with Gasteiger partial charge in [0.1, 0.15) is 0 Å². The quantitative estimate of drug-likeness (QED) is 0.720. The van der Waals surface area contributed by atoms with Gasteiger partial charge in [-0.05, 0) is 25.8 Å².